The molecule has 0 aliphatic rings. The van der Waals surface area contributed by atoms with Gasteiger partial charge in [0.05, 0.1) is 23.9 Å². The first-order valence-electron chi connectivity index (χ1n) is 11.9. The van der Waals surface area contributed by atoms with Crippen LogP contribution in [0.2, 0.25) is 5.02 Å². The first kappa shape index (κ1) is 27.7. The molecule has 0 aliphatic heterocycles. The van der Waals surface area contributed by atoms with Crippen molar-refractivity contribution in [2.45, 2.75) is 11.5 Å². The van der Waals surface area contributed by atoms with Crippen LogP contribution in [-0.2, 0) is 21.4 Å². The van der Waals surface area contributed by atoms with Crippen molar-refractivity contribution in [3.63, 3.8) is 0 Å². The van der Waals surface area contributed by atoms with Crippen molar-refractivity contribution in [1.29, 1.82) is 0 Å². The quantitative estimate of drug-likeness (QED) is 0.198. The Morgan fingerprint density at radius 3 is 2.33 bits per heavy atom. The molecule has 4 aromatic rings. The Bertz CT molecular complexity index is 1550. The number of carbonyl (C=O) groups excluding carboxylic acids is 1. The number of carbonyl (C=O) groups is 1. The number of hydrogen-bond acceptors (Lipinski definition) is 6. The number of sulfonamides is 1. The average Bonchev–Trinajstić information content (AvgIpc) is 2.96. The minimum atomic E-state index is -4.05. The van der Waals surface area contributed by atoms with Crippen LogP contribution in [0.3, 0.4) is 0 Å². The summed E-state index contributed by atoms with van der Waals surface area (Å²) in [5.74, 6) is 0.425. The van der Waals surface area contributed by atoms with Crippen molar-refractivity contribution >= 4 is 39.4 Å². The minimum Gasteiger partial charge on any atom is -0.493 e. The van der Waals surface area contributed by atoms with Gasteiger partial charge in [0.15, 0.2) is 11.5 Å². The molecule has 0 spiro atoms. The number of hydrogen-bond donors (Lipinski definition) is 1. The minimum absolute atomic E-state index is 0.0444. The molecule has 4 rings (SSSR count). The Labute approximate surface area is 232 Å². The van der Waals surface area contributed by atoms with Gasteiger partial charge in [0, 0.05) is 5.02 Å². The molecule has 0 saturated heterocycles. The van der Waals surface area contributed by atoms with Crippen LogP contribution in [0.4, 0.5) is 5.69 Å². The van der Waals surface area contributed by atoms with E-state index in [9.17, 15) is 13.2 Å². The molecule has 200 valence electrons. The van der Waals surface area contributed by atoms with E-state index in [2.05, 4.69) is 10.5 Å². The predicted molar refractivity (Wildman–Crippen MR) is 152 cm³/mol. The molecule has 0 fully saturated rings. The first-order chi connectivity index (χ1) is 18.9. The fourth-order valence-corrected chi connectivity index (χ4v) is 5.25. The van der Waals surface area contributed by atoms with Crippen LogP contribution in [0.15, 0.2) is 113 Å². The van der Waals surface area contributed by atoms with Gasteiger partial charge in [-0.3, -0.25) is 9.10 Å². The molecule has 0 atom stereocenters. The maximum atomic E-state index is 13.4. The lowest BCUT2D eigenvalue weighted by Gasteiger charge is -2.23. The number of methoxy groups -OCH3 is 1. The van der Waals surface area contributed by atoms with E-state index < -0.39 is 22.5 Å². The summed E-state index contributed by atoms with van der Waals surface area (Å²) in [6, 6.07) is 29.1. The highest BCUT2D eigenvalue weighted by Crippen LogP contribution is 2.29. The molecule has 0 bridgehead atoms. The Kier molecular flexibility index (Phi) is 9.19. The number of nitrogens with zero attached hydrogens (tertiary/aromatic N) is 2. The summed E-state index contributed by atoms with van der Waals surface area (Å²) in [6.07, 6.45) is 1.43. The fraction of sp³-hybridized carbons (Fsp3) is 0.103. The van der Waals surface area contributed by atoms with Crippen LogP contribution in [-0.4, -0.2) is 34.2 Å². The topological polar surface area (TPSA) is 97.3 Å². The van der Waals surface area contributed by atoms with E-state index in [0.717, 1.165) is 9.87 Å². The second-order valence-electron chi connectivity index (χ2n) is 8.28. The molecule has 10 heteroatoms. The Balaban J connectivity index is 1.45. The van der Waals surface area contributed by atoms with E-state index >= 15 is 0 Å². The number of amides is 1. The second-order valence-corrected chi connectivity index (χ2v) is 10.6. The van der Waals surface area contributed by atoms with Gasteiger partial charge < -0.3 is 9.47 Å². The zero-order valence-corrected chi connectivity index (χ0v) is 22.6. The summed E-state index contributed by atoms with van der Waals surface area (Å²) in [7, 11) is -2.52. The highest BCUT2D eigenvalue weighted by Gasteiger charge is 2.27. The molecule has 0 aromatic heterocycles. The van der Waals surface area contributed by atoms with Crippen molar-refractivity contribution in [2.75, 3.05) is 18.0 Å². The van der Waals surface area contributed by atoms with Crippen molar-refractivity contribution in [3.05, 3.63) is 119 Å². The summed E-state index contributed by atoms with van der Waals surface area (Å²) in [4.78, 5) is 12.8. The second kappa shape index (κ2) is 12.9. The zero-order chi connectivity index (χ0) is 27.7. The SMILES string of the molecule is COc1cc(/C=N\NC(=O)CN(c2cccc(Cl)c2)S(=O)(=O)c2ccccc2)ccc1OCc1ccccc1. The molecule has 0 aliphatic carbocycles. The van der Waals surface area contributed by atoms with Gasteiger partial charge in [0.2, 0.25) is 0 Å². The highest BCUT2D eigenvalue weighted by molar-refractivity contribution is 7.92. The Morgan fingerprint density at radius 2 is 1.64 bits per heavy atom. The summed E-state index contributed by atoms with van der Waals surface area (Å²) in [5.41, 5.74) is 4.30. The van der Waals surface area contributed by atoms with Gasteiger partial charge in [-0.15, -0.1) is 0 Å². The molecule has 1 amide bonds. The average molecular weight is 564 g/mol. The molecule has 8 nitrogen and oxygen atoms in total. The van der Waals surface area contributed by atoms with Crippen LogP contribution in [0, 0.1) is 0 Å². The van der Waals surface area contributed by atoms with Crippen LogP contribution in [0.5, 0.6) is 11.5 Å². The standard InChI is InChI=1S/C29H26ClN3O5S/c1-37-28-17-23(15-16-27(28)38-21-22-9-4-2-5-10-22)19-31-32-29(34)20-33(25-12-8-11-24(30)18-25)39(35,36)26-13-6-3-7-14-26/h2-19H,20-21H2,1H3,(H,32,34)/b31-19-. The largest absolute Gasteiger partial charge is 0.493 e. The molecule has 1 N–H and O–H groups in total. The molecule has 4 aromatic carbocycles. The number of halogens is 1. The zero-order valence-electron chi connectivity index (χ0n) is 21.0. The first-order valence-corrected chi connectivity index (χ1v) is 13.7. The van der Waals surface area contributed by atoms with Crippen molar-refractivity contribution in [1.82, 2.24) is 5.43 Å². The molecule has 0 radical (unpaired) electrons. The maximum absolute atomic E-state index is 13.4. The van der Waals surface area contributed by atoms with Crippen LogP contribution >= 0.6 is 11.6 Å². The van der Waals surface area contributed by atoms with E-state index in [0.29, 0.717) is 28.7 Å². The van der Waals surface area contributed by atoms with Crippen LogP contribution in [0.25, 0.3) is 0 Å². The molecular weight excluding hydrogens is 538 g/mol. The van der Waals surface area contributed by atoms with E-state index in [1.807, 2.05) is 30.3 Å². The van der Waals surface area contributed by atoms with Gasteiger partial charge in [0.1, 0.15) is 13.2 Å². The van der Waals surface area contributed by atoms with Gasteiger partial charge in [-0.05, 0) is 59.7 Å². The van der Waals surface area contributed by atoms with Crippen molar-refractivity contribution < 1.29 is 22.7 Å². The lowest BCUT2D eigenvalue weighted by atomic mass is 10.2. The maximum Gasteiger partial charge on any atom is 0.264 e. The molecular formula is C29H26ClN3O5S. The summed E-state index contributed by atoms with van der Waals surface area (Å²) >= 11 is 6.09. The number of nitrogens with one attached hydrogen (secondary N) is 1. The summed E-state index contributed by atoms with van der Waals surface area (Å²) < 4.78 is 39.0. The van der Waals surface area contributed by atoms with E-state index in [1.54, 1.807) is 54.6 Å². The number of benzene rings is 4. The van der Waals surface area contributed by atoms with Crippen molar-refractivity contribution in [3.8, 4) is 11.5 Å². The van der Waals surface area contributed by atoms with Crippen LogP contribution < -0.4 is 19.2 Å². The lowest BCUT2D eigenvalue weighted by molar-refractivity contribution is -0.119. The fourth-order valence-electron chi connectivity index (χ4n) is 3.63. The van der Waals surface area contributed by atoms with E-state index in [-0.39, 0.29) is 10.6 Å². The van der Waals surface area contributed by atoms with E-state index in [1.165, 1.54) is 31.5 Å². The molecule has 0 unspecified atom stereocenters. The summed E-state index contributed by atoms with van der Waals surface area (Å²) in [6.45, 7) is -0.125. The number of rotatable bonds is 11. The Hall–Kier alpha value is -4.34. The monoisotopic (exact) mass is 563 g/mol. The number of hydrazone groups is 1. The molecule has 0 heterocycles. The third-order valence-electron chi connectivity index (χ3n) is 5.54. The van der Waals surface area contributed by atoms with Gasteiger partial charge in [-0.25, -0.2) is 13.8 Å². The smallest absolute Gasteiger partial charge is 0.264 e. The molecule has 39 heavy (non-hydrogen) atoms. The third kappa shape index (κ3) is 7.37. The molecule has 0 saturated carbocycles. The number of ether oxygens (including phenoxy) is 2. The lowest BCUT2D eigenvalue weighted by Crippen LogP contribution is -2.39. The van der Waals surface area contributed by atoms with Gasteiger partial charge >= 0.3 is 0 Å². The van der Waals surface area contributed by atoms with E-state index in [4.69, 9.17) is 21.1 Å². The normalized spacial score (nSPS) is 11.2. The van der Waals surface area contributed by atoms with Crippen molar-refractivity contribution in [2.24, 2.45) is 5.10 Å². The number of anilines is 1. The highest BCUT2D eigenvalue weighted by atomic mass is 35.5. The van der Waals surface area contributed by atoms with Gasteiger partial charge in [-0.1, -0.05) is 66.2 Å². The summed E-state index contributed by atoms with van der Waals surface area (Å²) in [5, 5.41) is 4.33. The third-order valence-corrected chi connectivity index (χ3v) is 7.57. The van der Waals surface area contributed by atoms with Gasteiger partial charge in [0.25, 0.3) is 15.9 Å². The van der Waals surface area contributed by atoms with Crippen LogP contribution in [0.1, 0.15) is 11.1 Å². The van der Waals surface area contributed by atoms with Gasteiger partial charge in [-0.2, -0.15) is 5.10 Å². The Morgan fingerprint density at radius 1 is 0.923 bits per heavy atom. The predicted octanol–water partition coefficient (Wildman–Crippen LogP) is 5.27.